The van der Waals surface area contributed by atoms with E-state index < -0.39 is 6.04 Å². The van der Waals surface area contributed by atoms with Crippen molar-refractivity contribution in [3.05, 3.63) is 62.5 Å². The van der Waals surface area contributed by atoms with Gasteiger partial charge < -0.3 is 11.1 Å². The normalized spacial score (nSPS) is 14.5. The van der Waals surface area contributed by atoms with Crippen molar-refractivity contribution < 1.29 is 4.79 Å². The number of halogens is 1. The number of carbonyl (C=O) groups is 1. The van der Waals surface area contributed by atoms with E-state index in [4.69, 9.17) is 22.3 Å². The molecule has 1 aliphatic heterocycles. The van der Waals surface area contributed by atoms with Crippen molar-refractivity contribution in [2.45, 2.75) is 39.7 Å². The first-order valence-corrected chi connectivity index (χ1v) is 11.9. The van der Waals surface area contributed by atoms with Crippen LogP contribution in [0.15, 0.2) is 29.3 Å². The van der Waals surface area contributed by atoms with Crippen molar-refractivity contribution in [1.82, 2.24) is 20.1 Å². The number of hydrogen-bond donors (Lipinski definition) is 2. The zero-order valence-electron chi connectivity index (χ0n) is 18.8. The summed E-state index contributed by atoms with van der Waals surface area (Å²) in [7, 11) is 0. The highest BCUT2D eigenvalue weighted by molar-refractivity contribution is 7.15. The number of thiophene rings is 1. The summed E-state index contributed by atoms with van der Waals surface area (Å²) in [5.74, 6) is 7.11. The number of aromatic nitrogens is 3. The molecule has 9 heteroatoms. The monoisotopic (exact) mass is 480 g/mol. The van der Waals surface area contributed by atoms with Crippen molar-refractivity contribution in [2.75, 3.05) is 13.1 Å². The van der Waals surface area contributed by atoms with Crippen LogP contribution in [0.25, 0.3) is 5.00 Å². The van der Waals surface area contributed by atoms with Crippen LogP contribution in [0.2, 0.25) is 5.02 Å². The maximum absolute atomic E-state index is 12.7. The number of nitrogens with zero attached hydrogens (tertiary/aromatic N) is 4. The molecule has 2 aromatic heterocycles. The number of hydrogen-bond acceptors (Lipinski definition) is 6. The lowest BCUT2D eigenvalue weighted by Gasteiger charge is -2.12. The number of amides is 1. The van der Waals surface area contributed by atoms with Crippen molar-refractivity contribution in [1.29, 1.82) is 0 Å². The van der Waals surface area contributed by atoms with Gasteiger partial charge in [0.05, 0.1) is 18.7 Å². The lowest BCUT2D eigenvalue weighted by molar-refractivity contribution is -0.121. The third-order valence-corrected chi connectivity index (χ3v) is 6.95. The van der Waals surface area contributed by atoms with Gasteiger partial charge in [0.25, 0.3) is 0 Å². The summed E-state index contributed by atoms with van der Waals surface area (Å²) in [4.78, 5) is 19.0. The van der Waals surface area contributed by atoms with E-state index >= 15 is 0 Å². The topological polar surface area (TPSA) is 98.2 Å². The Balaban J connectivity index is 1.77. The molecule has 1 atom stereocenters. The van der Waals surface area contributed by atoms with E-state index in [-0.39, 0.29) is 18.9 Å². The molecule has 1 amide bonds. The zero-order valence-corrected chi connectivity index (χ0v) is 20.3. The second-order valence-electron chi connectivity index (χ2n) is 7.78. The Morgan fingerprint density at radius 3 is 2.70 bits per heavy atom. The molecule has 1 aliphatic rings. The van der Waals surface area contributed by atoms with Gasteiger partial charge in [-0.3, -0.25) is 14.4 Å². The Kier molecular flexibility index (Phi) is 6.94. The Morgan fingerprint density at radius 1 is 1.21 bits per heavy atom. The summed E-state index contributed by atoms with van der Waals surface area (Å²) in [6, 6.07) is 7.13. The van der Waals surface area contributed by atoms with Crippen LogP contribution in [-0.4, -0.2) is 39.5 Å². The molecule has 1 aromatic carbocycles. The van der Waals surface area contributed by atoms with E-state index in [2.05, 4.69) is 41.2 Å². The Labute approximate surface area is 202 Å². The third kappa shape index (κ3) is 4.71. The van der Waals surface area contributed by atoms with Gasteiger partial charge in [-0.25, -0.2) is 0 Å². The highest BCUT2D eigenvalue weighted by atomic mass is 35.5. The van der Waals surface area contributed by atoms with Crippen LogP contribution in [-0.2, 0) is 4.79 Å². The summed E-state index contributed by atoms with van der Waals surface area (Å²) >= 11 is 7.82. The molecular weight excluding hydrogens is 456 g/mol. The smallest absolute Gasteiger partial charge is 0.223 e. The first-order chi connectivity index (χ1) is 15.9. The predicted octanol–water partition coefficient (Wildman–Crippen LogP) is 3.66. The van der Waals surface area contributed by atoms with Crippen molar-refractivity contribution in [2.24, 2.45) is 10.7 Å². The molecule has 0 aliphatic carbocycles. The molecule has 170 valence electrons. The highest BCUT2D eigenvalue weighted by Gasteiger charge is 2.32. The Morgan fingerprint density at radius 2 is 1.97 bits per heavy atom. The number of nitrogens with one attached hydrogen (secondary N) is 1. The van der Waals surface area contributed by atoms with Gasteiger partial charge in [0.1, 0.15) is 16.9 Å². The fourth-order valence-electron chi connectivity index (χ4n) is 3.75. The van der Waals surface area contributed by atoms with Crippen LogP contribution in [0.4, 0.5) is 0 Å². The number of rotatable bonds is 5. The van der Waals surface area contributed by atoms with E-state index in [0.29, 0.717) is 23.8 Å². The van der Waals surface area contributed by atoms with Crippen LogP contribution < -0.4 is 11.1 Å². The number of nitrogens with two attached hydrogens (primary N) is 1. The van der Waals surface area contributed by atoms with Crippen LogP contribution in [0.3, 0.4) is 0 Å². The van der Waals surface area contributed by atoms with Gasteiger partial charge in [-0.15, -0.1) is 27.5 Å². The van der Waals surface area contributed by atoms with Gasteiger partial charge in [-0.05, 0) is 38.5 Å². The van der Waals surface area contributed by atoms with Crippen LogP contribution in [0.1, 0.15) is 52.1 Å². The molecule has 0 unspecified atom stereocenters. The van der Waals surface area contributed by atoms with Crippen LogP contribution in [0.5, 0.6) is 0 Å². The van der Waals surface area contributed by atoms with Gasteiger partial charge in [0.2, 0.25) is 5.91 Å². The predicted molar refractivity (Wildman–Crippen MR) is 132 cm³/mol. The number of benzene rings is 1. The van der Waals surface area contributed by atoms with Crippen LogP contribution >= 0.6 is 22.9 Å². The largest absolute Gasteiger partial charge is 0.345 e. The molecule has 7 nitrogen and oxygen atoms in total. The molecule has 3 N–H and O–H groups in total. The minimum absolute atomic E-state index is 0.140. The SMILES string of the molecule is Cc1sc2c(c1C)C(c1ccc(Cl)cc1)=N[C@@H](CC(=O)NCC#CCCN)c1nnc(C)n1-2. The quantitative estimate of drug-likeness (QED) is 0.544. The first-order valence-electron chi connectivity index (χ1n) is 10.7. The van der Waals surface area contributed by atoms with Gasteiger partial charge >= 0.3 is 0 Å². The average molecular weight is 481 g/mol. The summed E-state index contributed by atoms with van der Waals surface area (Å²) in [6.45, 7) is 6.90. The van der Waals surface area contributed by atoms with Crippen LogP contribution in [0, 0.1) is 32.6 Å². The number of carbonyl (C=O) groups excluding carboxylic acids is 1. The summed E-state index contributed by atoms with van der Waals surface area (Å²) in [5.41, 5.74) is 9.41. The molecule has 0 saturated heterocycles. The number of aryl methyl sites for hydroxylation is 2. The Hall–Kier alpha value is -2.99. The molecule has 0 spiro atoms. The van der Waals surface area contributed by atoms with E-state index in [1.54, 1.807) is 11.3 Å². The second-order valence-corrected chi connectivity index (χ2v) is 9.42. The highest BCUT2D eigenvalue weighted by Crippen LogP contribution is 2.39. The molecule has 0 saturated carbocycles. The first kappa shape index (κ1) is 23.2. The molecule has 0 fully saturated rings. The fraction of sp³-hybridized carbons (Fsp3) is 0.333. The summed E-state index contributed by atoms with van der Waals surface area (Å²) < 4.78 is 2.03. The zero-order chi connectivity index (χ0) is 23.5. The van der Waals surface area contributed by atoms with E-state index in [0.717, 1.165) is 33.2 Å². The minimum Gasteiger partial charge on any atom is -0.345 e. The second kappa shape index (κ2) is 9.87. The number of fused-ring (bicyclic) bond motifs is 3. The summed E-state index contributed by atoms with van der Waals surface area (Å²) in [6.07, 6.45) is 0.748. The maximum Gasteiger partial charge on any atom is 0.223 e. The Bertz CT molecular complexity index is 1280. The molecule has 3 heterocycles. The lowest BCUT2D eigenvalue weighted by atomic mass is 9.99. The molecular formula is C24H25ClN6OS. The van der Waals surface area contributed by atoms with Gasteiger partial charge in [-0.1, -0.05) is 29.7 Å². The maximum atomic E-state index is 12.7. The molecule has 4 rings (SSSR count). The van der Waals surface area contributed by atoms with E-state index in [1.807, 2.05) is 35.8 Å². The standard InChI is InChI=1S/C24H25ClN6OS/c1-14-15(2)33-24-21(14)22(17-7-9-18(25)10-8-17)28-19(23-30-29-16(3)31(23)24)13-20(32)27-12-6-4-5-11-26/h7-10,19H,5,11-13,26H2,1-3H3,(H,27,32)/t19-/m0/s1. The number of aliphatic imine (C=N–C) groups is 1. The lowest BCUT2D eigenvalue weighted by Crippen LogP contribution is -2.25. The molecule has 0 bridgehead atoms. The van der Waals surface area contributed by atoms with Crippen molar-refractivity contribution >= 4 is 34.6 Å². The van der Waals surface area contributed by atoms with Gasteiger partial charge in [-0.2, -0.15) is 0 Å². The van der Waals surface area contributed by atoms with E-state index in [9.17, 15) is 4.79 Å². The van der Waals surface area contributed by atoms with Crippen molar-refractivity contribution in [3.63, 3.8) is 0 Å². The molecule has 3 aromatic rings. The molecule has 33 heavy (non-hydrogen) atoms. The van der Waals surface area contributed by atoms with Crippen molar-refractivity contribution in [3.8, 4) is 16.8 Å². The van der Waals surface area contributed by atoms with Gasteiger partial charge in [0.15, 0.2) is 5.82 Å². The third-order valence-electron chi connectivity index (χ3n) is 5.50. The van der Waals surface area contributed by atoms with Gasteiger partial charge in [0, 0.05) is 34.0 Å². The average Bonchev–Trinajstić information content (AvgIpc) is 3.26. The molecule has 0 radical (unpaired) electrons. The minimum atomic E-state index is -0.492. The fourth-order valence-corrected chi connectivity index (χ4v) is 5.09. The summed E-state index contributed by atoms with van der Waals surface area (Å²) in [5, 5.41) is 13.3. The van der Waals surface area contributed by atoms with E-state index in [1.165, 1.54) is 4.88 Å².